The molecule has 122 valence electrons. The second-order valence-electron chi connectivity index (χ2n) is 4.78. The first kappa shape index (κ1) is 15.6. The van der Waals surface area contributed by atoms with E-state index < -0.39 is 16.5 Å². The fourth-order valence-electron chi connectivity index (χ4n) is 2.05. The molecule has 3 N–H and O–H groups in total. The summed E-state index contributed by atoms with van der Waals surface area (Å²) in [5.74, 6) is -0.437. The zero-order valence-electron chi connectivity index (χ0n) is 12.2. The molecule has 10 nitrogen and oxygen atoms in total. The summed E-state index contributed by atoms with van der Waals surface area (Å²) in [6.07, 6.45) is 0. The Balaban J connectivity index is 1.83. The Hall–Kier alpha value is -3.27. The number of hydrogen-bond donors (Lipinski definition) is 3. The van der Waals surface area contributed by atoms with Gasteiger partial charge in [-0.05, 0) is 19.1 Å². The normalized spacial score (nSPS) is 10.6. The minimum absolute atomic E-state index is 0.0371. The molecule has 0 radical (unpaired) electrons. The summed E-state index contributed by atoms with van der Waals surface area (Å²) in [4.78, 5) is 26.6. The number of aromatic amines is 2. The molecule has 3 aromatic rings. The first-order chi connectivity index (χ1) is 11.5. The predicted octanol–water partition coefficient (Wildman–Crippen LogP) is 2.32. The lowest BCUT2D eigenvalue weighted by Crippen LogP contribution is -2.15. The van der Waals surface area contributed by atoms with E-state index >= 15 is 0 Å². The Morgan fingerprint density at radius 1 is 1.33 bits per heavy atom. The summed E-state index contributed by atoms with van der Waals surface area (Å²) in [5, 5.41) is 26.4. The molecule has 0 saturated heterocycles. The van der Waals surface area contributed by atoms with E-state index in [1.165, 1.54) is 6.92 Å². The monoisotopic (exact) mass is 347 g/mol. The number of aryl methyl sites for hydroxylation is 1. The number of nitro groups is 1. The lowest BCUT2D eigenvalue weighted by atomic mass is 10.2. The van der Waals surface area contributed by atoms with Crippen LogP contribution in [0.5, 0.6) is 0 Å². The fraction of sp³-hybridized carbons (Fsp3) is 0.0769. The van der Waals surface area contributed by atoms with E-state index in [9.17, 15) is 14.9 Å². The number of rotatable bonds is 4. The molecule has 11 heteroatoms. The zero-order chi connectivity index (χ0) is 17.3. The van der Waals surface area contributed by atoms with Crippen LogP contribution < -0.4 is 5.32 Å². The van der Waals surface area contributed by atoms with Gasteiger partial charge >= 0.3 is 5.69 Å². The van der Waals surface area contributed by atoms with Crippen LogP contribution in [0.2, 0.25) is 5.02 Å². The maximum atomic E-state index is 12.1. The molecular formula is C13H10ClN7O3. The molecule has 3 rings (SSSR count). The van der Waals surface area contributed by atoms with Gasteiger partial charge in [0.2, 0.25) is 11.6 Å². The number of aromatic nitrogens is 5. The minimum Gasteiger partial charge on any atom is -0.287 e. The number of H-pyrrole nitrogens is 2. The first-order valence-corrected chi connectivity index (χ1v) is 7.02. The van der Waals surface area contributed by atoms with Gasteiger partial charge in [-0.15, -0.1) is 5.10 Å². The van der Waals surface area contributed by atoms with Crippen molar-refractivity contribution in [1.82, 2.24) is 25.4 Å². The lowest BCUT2D eigenvalue weighted by molar-refractivity contribution is -0.385. The fourth-order valence-corrected chi connectivity index (χ4v) is 2.24. The predicted molar refractivity (Wildman–Crippen MR) is 84.8 cm³/mol. The average Bonchev–Trinajstić information content (AvgIpc) is 3.14. The first-order valence-electron chi connectivity index (χ1n) is 6.64. The highest BCUT2D eigenvalue weighted by molar-refractivity contribution is 6.30. The smallest absolute Gasteiger partial charge is 0.287 e. The number of halogens is 1. The maximum Gasteiger partial charge on any atom is 0.322 e. The molecule has 0 aliphatic carbocycles. The van der Waals surface area contributed by atoms with Gasteiger partial charge in [-0.3, -0.25) is 30.4 Å². The van der Waals surface area contributed by atoms with Crippen molar-refractivity contribution in [2.24, 2.45) is 0 Å². The molecule has 0 aliphatic heterocycles. The molecule has 2 heterocycles. The standard InChI is InChI=1S/C13H10ClN7O3/c1-6-10(21(23)24)9(18-17-6)12(22)16-13-15-11(19-20-13)7-3-2-4-8(14)5-7/h2-5H,1H3,(H,17,18)(H2,15,16,19,20,22). The van der Waals surface area contributed by atoms with E-state index in [0.29, 0.717) is 16.4 Å². The Morgan fingerprint density at radius 2 is 2.12 bits per heavy atom. The highest BCUT2D eigenvalue weighted by Gasteiger charge is 2.27. The highest BCUT2D eigenvalue weighted by Crippen LogP contribution is 2.22. The van der Waals surface area contributed by atoms with Crippen LogP contribution in [0.3, 0.4) is 0 Å². The maximum absolute atomic E-state index is 12.1. The van der Waals surface area contributed by atoms with Crippen LogP contribution in [0.1, 0.15) is 16.2 Å². The molecule has 0 fully saturated rings. The number of nitrogens with one attached hydrogen (secondary N) is 3. The van der Waals surface area contributed by atoms with Crippen molar-refractivity contribution in [1.29, 1.82) is 0 Å². The van der Waals surface area contributed by atoms with Gasteiger partial charge in [-0.1, -0.05) is 23.7 Å². The van der Waals surface area contributed by atoms with E-state index in [1.54, 1.807) is 24.3 Å². The number of anilines is 1. The van der Waals surface area contributed by atoms with Crippen molar-refractivity contribution in [2.75, 3.05) is 5.32 Å². The van der Waals surface area contributed by atoms with Gasteiger partial charge in [0.05, 0.1) is 4.92 Å². The number of carbonyl (C=O) groups is 1. The van der Waals surface area contributed by atoms with Crippen LogP contribution in [-0.4, -0.2) is 36.2 Å². The van der Waals surface area contributed by atoms with Gasteiger partial charge in [0.15, 0.2) is 5.82 Å². The van der Waals surface area contributed by atoms with Gasteiger partial charge in [0, 0.05) is 10.6 Å². The van der Waals surface area contributed by atoms with Crippen molar-refractivity contribution in [3.05, 3.63) is 50.8 Å². The minimum atomic E-state index is -0.789. The van der Waals surface area contributed by atoms with E-state index in [1.807, 2.05) is 0 Å². The van der Waals surface area contributed by atoms with Gasteiger partial charge in [0.1, 0.15) is 5.69 Å². The third-order valence-electron chi connectivity index (χ3n) is 3.12. The molecule has 0 unspecified atom stereocenters. The number of amides is 1. The summed E-state index contributed by atoms with van der Waals surface area (Å²) in [6.45, 7) is 1.45. The SMILES string of the molecule is Cc1[nH]nc(C(=O)Nc2n[nH]c(-c3cccc(Cl)c3)n2)c1[N+](=O)[O-]. The van der Waals surface area contributed by atoms with E-state index in [0.717, 1.165) is 0 Å². The number of benzene rings is 1. The average molecular weight is 348 g/mol. The number of nitrogens with zero attached hydrogens (tertiary/aromatic N) is 4. The van der Waals surface area contributed by atoms with E-state index in [4.69, 9.17) is 11.6 Å². The van der Waals surface area contributed by atoms with E-state index in [-0.39, 0.29) is 17.3 Å². The van der Waals surface area contributed by atoms with Crippen molar-refractivity contribution < 1.29 is 9.72 Å². The number of hydrogen-bond acceptors (Lipinski definition) is 6. The summed E-state index contributed by atoms with van der Waals surface area (Å²) < 4.78 is 0. The van der Waals surface area contributed by atoms with Crippen molar-refractivity contribution >= 4 is 29.1 Å². The van der Waals surface area contributed by atoms with Crippen LogP contribution in [0.25, 0.3) is 11.4 Å². The van der Waals surface area contributed by atoms with Gasteiger partial charge in [-0.25, -0.2) is 0 Å². The van der Waals surface area contributed by atoms with Crippen molar-refractivity contribution in [3.8, 4) is 11.4 Å². The summed E-state index contributed by atoms with van der Waals surface area (Å²) in [7, 11) is 0. The van der Waals surface area contributed by atoms with E-state index in [2.05, 4.69) is 30.7 Å². The summed E-state index contributed by atoms with van der Waals surface area (Å²) in [6, 6.07) is 6.90. The Morgan fingerprint density at radius 3 is 2.83 bits per heavy atom. The molecule has 24 heavy (non-hydrogen) atoms. The van der Waals surface area contributed by atoms with Crippen LogP contribution >= 0.6 is 11.6 Å². The molecule has 0 atom stereocenters. The molecule has 0 bridgehead atoms. The van der Waals surface area contributed by atoms with Gasteiger partial charge in [0.25, 0.3) is 5.91 Å². The molecule has 0 spiro atoms. The van der Waals surface area contributed by atoms with Gasteiger partial charge in [-0.2, -0.15) is 10.1 Å². The third kappa shape index (κ3) is 2.94. The van der Waals surface area contributed by atoms with Crippen LogP contribution in [0.15, 0.2) is 24.3 Å². The highest BCUT2D eigenvalue weighted by atomic mass is 35.5. The molecule has 0 saturated carbocycles. The quantitative estimate of drug-likeness (QED) is 0.488. The lowest BCUT2D eigenvalue weighted by Gasteiger charge is -1.97. The zero-order valence-corrected chi connectivity index (χ0v) is 13.0. The molecular weight excluding hydrogens is 338 g/mol. The molecule has 1 aromatic carbocycles. The second-order valence-corrected chi connectivity index (χ2v) is 5.21. The van der Waals surface area contributed by atoms with Crippen molar-refractivity contribution in [2.45, 2.75) is 6.92 Å². The van der Waals surface area contributed by atoms with Gasteiger partial charge < -0.3 is 0 Å². The Labute approximate surface area is 139 Å². The topological polar surface area (TPSA) is 142 Å². The summed E-state index contributed by atoms with van der Waals surface area (Å²) in [5.41, 5.74) is 0.126. The summed E-state index contributed by atoms with van der Waals surface area (Å²) >= 11 is 5.91. The Kier molecular flexibility index (Phi) is 3.96. The molecule has 1 amide bonds. The van der Waals surface area contributed by atoms with Crippen LogP contribution in [0.4, 0.5) is 11.6 Å². The van der Waals surface area contributed by atoms with Crippen LogP contribution in [0, 0.1) is 17.0 Å². The molecule has 2 aromatic heterocycles. The third-order valence-corrected chi connectivity index (χ3v) is 3.36. The van der Waals surface area contributed by atoms with Crippen LogP contribution in [-0.2, 0) is 0 Å². The van der Waals surface area contributed by atoms with Crippen molar-refractivity contribution in [3.63, 3.8) is 0 Å². The number of carbonyl (C=O) groups excluding carboxylic acids is 1. The molecule has 0 aliphatic rings. The largest absolute Gasteiger partial charge is 0.322 e. The second kappa shape index (κ2) is 6.08. The Bertz CT molecular complexity index is 933.